The summed E-state index contributed by atoms with van der Waals surface area (Å²) in [5.41, 5.74) is 7.59. The minimum Gasteiger partial charge on any atom is -0.478 e. The highest BCUT2D eigenvalue weighted by Gasteiger charge is 2.30. The molecule has 1 aromatic carbocycles. The van der Waals surface area contributed by atoms with E-state index in [1.54, 1.807) is 19.2 Å². The van der Waals surface area contributed by atoms with E-state index in [1.165, 1.54) is 6.07 Å². The SMILES string of the molecule is COCCN(c1ccc(C(=O)O)cc1N)C1CC1. The quantitative estimate of drug-likeness (QED) is 0.750. The fourth-order valence-corrected chi connectivity index (χ4v) is 2.02. The average molecular weight is 250 g/mol. The van der Waals surface area contributed by atoms with E-state index >= 15 is 0 Å². The number of ether oxygens (including phenoxy) is 1. The van der Waals surface area contributed by atoms with Crippen molar-refractivity contribution in [1.82, 2.24) is 0 Å². The van der Waals surface area contributed by atoms with E-state index in [2.05, 4.69) is 4.90 Å². The lowest BCUT2D eigenvalue weighted by molar-refractivity contribution is 0.0697. The smallest absolute Gasteiger partial charge is 0.335 e. The van der Waals surface area contributed by atoms with E-state index in [0.717, 1.165) is 25.1 Å². The topological polar surface area (TPSA) is 75.8 Å². The Hall–Kier alpha value is -1.75. The number of aromatic carboxylic acids is 1. The number of hydrogen-bond donors (Lipinski definition) is 2. The highest BCUT2D eigenvalue weighted by molar-refractivity contribution is 5.90. The zero-order chi connectivity index (χ0) is 13.1. The van der Waals surface area contributed by atoms with E-state index in [1.807, 2.05) is 0 Å². The molecule has 0 aromatic heterocycles. The molecule has 1 saturated carbocycles. The van der Waals surface area contributed by atoms with Crippen molar-refractivity contribution in [1.29, 1.82) is 0 Å². The number of carbonyl (C=O) groups is 1. The van der Waals surface area contributed by atoms with Gasteiger partial charge in [0.25, 0.3) is 0 Å². The molecule has 2 rings (SSSR count). The van der Waals surface area contributed by atoms with Gasteiger partial charge in [0.2, 0.25) is 0 Å². The van der Waals surface area contributed by atoms with E-state index < -0.39 is 5.97 Å². The van der Waals surface area contributed by atoms with Crippen LogP contribution in [-0.4, -0.2) is 37.4 Å². The molecule has 0 saturated heterocycles. The number of carboxylic acid groups (broad SMARTS) is 1. The monoisotopic (exact) mass is 250 g/mol. The number of nitrogen functional groups attached to an aromatic ring is 1. The molecule has 1 aliphatic rings. The van der Waals surface area contributed by atoms with E-state index in [0.29, 0.717) is 18.3 Å². The van der Waals surface area contributed by atoms with Crippen molar-refractivity contribution >= 4 is 17.3 Å². The van der Waals surface area contributed by atoms with Gasteiger partial charge in [0.05, 0.1) is 23.5 Å². The molecule has 0 spiro atoms. The van der Waals surface area contributed by atoms with Gasteiger partial charge >= 0.3 is 5.97 Å². The summed E-state index contributed by atoms with van der Waals surface area (Å²) in [6.07, 6.45) is 2.31. The average Bonchev–Trinajstić information content (AvgIpc) is 3.15. The van der Waals surface area contributed by atoms with E-state index in [4.69, 9.17) is 15.6 Å². The number of nitrogens with two attached hydrogens (primary N) is 1. The summed E-state index contributed by atoms with van der Waals surface area (Å²) in [6, 6.07) is 5.40. The van der Waals surface area contributed by atoms with Crippen LogP contribution in [0.4, 0.5) is 11.4 Å². The molecule has 0 heterocycles. The van der Waals surface area contributed by atoms with Crippen LogP contribution in [-0.2, 0) is 4.74 Å². The Morgan fingerprint density at radius 3 is 2.78 bits per heavy atom. The maximum Gasteiger partial charge on any atom is 0.335 e. The molecule has 0 amide bonds. The van der Waals surface area contributed by atoms with Crippen LogP contribution in [0.2, 0.25) is 0 Å². The number of benzene rings is 1. The molecule has 0 atom stereocenters. The van der Waals surface area contributed by atoms with Gasteiger partial charge in [0.1, 0.15) is 0 Å². The zero-order valence-corrected chi connectivity index (χ0v) is 10.4. The molecule has 98 valence electrons. The lowest BCUT2D eigenvalue weighted by atomic mass is 10.1. The number of nitrogens with zero attached hydrogens (tertiary/aromatic N) is 1. The molecule has 5 heteroatoms. The molecule has 5 nitrogen and oxygen atoms in total. The van der Waals surface area contributed by atoms with Gasteiger partial charge in [-0.25, -0.2) is 4.79 Å². The van der Waals surface area contributed by atoms with Crippen molar-refractivity contribution in [2.45, 2.75) is 18.9 Å². The maximum absolute atomic E-state index is 10.9. The van der Waals surface area contributed by atoms with Gasteiger partial charge < -0.3 is 20.5 Å². The minimum absolute atomic E-state index is 0.221. The van der Waals surface area contributed by atoms with Gasteiger partial charge in [0, 0.05) is 19.7 Å². The van der Waals surface area contributed by atoms with Crippen LogP contribution in [0.25, 0.3) is 0 Å². The summed E-state index contributed by atoms with van der Waals surface area (Å²) in [6.45, 7) is 1.41. The van der Waals surface area contributed by atoms with Crippen LogP contribution in [0.3, 0.4) is 0 Å². The molecule has 1 fully saturated rings. The first kappa shape index (κ1) is 12.7. The Labute approximate surface area is 106 Å². The number of hydrogen-bond acceptors (Lipinski definition) is 4. The third-order valence-electron chi connectivity index (χ3n) is 3.11. The number of anilines is 2. The predicted octanol–water partition coefficient (Wildman–Crippen LogP) is 1.58. The Kier molecular flexibility index (Phi) is 3.72. The summed E-state index contributed by atoms with van der Waals surface area (Å²) in [7, 11) is 1.67. The Morgan fingerprint density at radius 1 is 1.56 bits per heavy atom. The predicted molar refractivity (Wildman–Crippen MR) is 70.1 cm³/mol. The highest BCUT2D eigenvalue weighted by atomic mass is 16.5. The third kappa shape index (κ3) is 2.73. The van der Waals surface area contributed by atoms with Crippen LogP contribution < -0.4 is 10.6 Å². The molecule has 1 aliphatic carbocycles. The van der Waals surface area contributed by atoms with E-state index in [-0.39, 0.29) is 5.56 Å². The second-order valence-corrected chi connectivity index (χ2v) is 4.50. The zero-order valence-electron chi connectivity index (χ0n) is 10.4. The Bertz CT molecular complexity index is 444. The summed E-state index contributed by atoms with van der Waals surface area (Å²) < 4.78 is 5.10. The molecule has 0 unspecified atom stereocenters. The van der Waals surface area contributed by atoms with Crippen LogP contribution >= 0.6 is 0 Å². The standard InChI is InChI=1S/C13H18N2O3/c1-18-7-6-15(10-3-4-10)12-5-2-9(13(16)17)8-11(12)14/h2,5,8,10H,3-4,6-7,14H2,1H3,(H,16,17). The largest absolute Gasteiger partial charge is 0.478 e. The van der Waals surface area contributed by atoms with E-state index in [9.17, 15) is 4.79 Å². The highest BCUT2D eigenvalue weighted by Crippen LogP contribution is 2.34. The number of carboxylic acids is 1. The Morgan fingerprint density at radius 2 is 2.28 bits per heavy atom. The molecule has 0 bridgehead atoms. The molecule has 3 N–H and O–H groups in total. The van der Waals surface area contributed by atoms with Gasteiger partial charge in [-0.1, -0.05) is 0 Å². The van der Waals surface area contributed by atoms with Crippen molar-refractivity contribution in [3.05, 3.63) is 23.8 Å². The van der Waals surface area contributed by atoms with Gasteiger partial charge in [0.15, 0.2) is 0 Å². The lowest BCUT2D eigenvalue weighted by Crippen LogP contribution is -2.30. The molecule has 0 aliphatic heterocycles. The number of methoxy groups -OCH3 is 1. The maximum atomic E-state index is 10.9. The fraction of sp³-hybridized carbons (Fsp3) is 0.462. The van der Waals surface area contributed by atoms with Crippen LogP contribution in [0, 0.1) is 0 Å². The molecular weight excluding hydrogens is 232 g/mol. The first-order valence-electron chi connectivity index (χ1n) is 6.02. The van der Waals surface area contributed by atoms with Crippen molar-refractivity contribution in [2.24, 2.45) is 0 Å². The molecule has 0 radical (unpaired) electrons. The lowest BCUT2D eigenvalue weighted by Gasteiger charge is -2.25. The minimum atomic E-state index is -0.955. The van der Waals surface area contributed by atoms with Crippen molar-refractivity contribution < 1.29 is 14.6 Å². The van der Waals surface area contributed by atoms with Crippen molar-refractivity contribution in [3.8, 4) is 0 Å². The molecule has 1 aromatic rings. The van der Waals surface area contributed by atoms with Gasteiger partial charge in [-0.15, -0.1) is 0 Å². The summed E-state index contributed by atoms with van der Waals surface area (Å²) in [4.78, 5) is 13.1. The van der Waals surface area contributed by atoms with Crippen LogP contribution in [0.1, 0.15) is 23.2 Å². The third-order valence-corrected chi connectivity index (χ3v) is 3.11. The fourth-order valence-electron chi connectivity index (χ4n) is 2.02. The second kappa shape index (κ2) is 5.27. The van der Waals surface area contributed by atoms with Gasteiger partial charge in [-0.3, -0.25) is 0 Å². The summed E-state index contributed by atoms with van der Waals surface area (Å²) >= 11 is 0. The summed E-state index contributed by atoms with van der Waals surface area (Å²) in [5.74, 6) is -0.955. The van der Waals surface area contributed by atoms with Gasteiger partial charge in [-0.05, 0) is 31.0 Å². The first-order valence-corrected chi connectivity index (χ1v) is 6.02. The Balaban J connectivity index is 2.21. The number of rotatable bonds is 6. The first-order chi connectivity index (χ1) is 8.63. The van der Waals surface area contributed by atoms with Crippen LogP contribution in [0.15, 0.2) is 18.2 Å². The van der Waals surface area contributed by atoms with Crippen molar-refractivity contribution in [2.75, 3.05) is 30.9 Å². The molecule has 18 heavy (non-hydrogen) atoms. The van der Waals surface area contributed by atoms with Gasteiger partial charge in [-0.2, -0.15) is 0 Å². The summed E-state index contributed by atoms with van der Waals surface area (Å²) in [5, 5.41) is 8.91. The normalized spacial score (nSPS) is 14.5. The van der Waals surface area contributed by atoms with Crippen molar-refractivity contribution in [3.63, 3.8) is 0 Å². The second-order valence-electron chi connectivity index (χ2n) is 4.50. The van der Waals surface area contributed by atoms with Crippen LogP contribution in [0.5, 0.6) is 0 Å². The molecular formula is C13H18N2O3.